The number of carbonyl (C=O) groups excluding carboxylic acids is 1. The molecule has 2 N–H and O–H groups in total. The van der Waals surface area contributed by atoms with Gasteiger partial charge in [-0.15, -0.1) is 0 Å². The van der Waals surface area contributed by atoms with Gasteiger partial charge in [-0.05, 0) is 42.7 Å². The molecule has 1 atom stereocenters. The molecule has 2 rings (SSSR count). The van der Waals surface area contributed by atoms with Crippen molar-refractivity contribution in [1.82, 2.24) is 4.90 Å². The Labute approximate surface area is 143 Å². The molecular formula is C19H26N2O3. The van der Waals surface area contributed by atoms with Crippen molar-refractivity contribution in [3.05, 3.63) is 54.0 Å². The van der Waals surface area contributed by atoms with Crippen molar-refractivity contribution in [3.63, 3.8) is 0 Å². The number of hydrogen-bond acceptors (Lipinski definition) is 4. The van der Waals surface area contributed by atoms with Gasteiger partial charge in [0.05, 0.1) is 12.8 Å². The standard InChI is InChI=1S/C19H26N2O3/c1-14(2)15(3)21(12-18-8-5-9-23-18)11-16-6-4-7-17(10-16)24-13-19(20)22/h4-10,14-15H,11-13H2,1-3H3,(H2,20,22)/t15-/m1/s1. The topological polar surface area (TPSA) is 68.7 Å². The lowest BCUT2D eigenvalue weighted by atomic mass is 10.0. The molecule has 1 amide bonds. The Morgan fingerprint density at radius 3 is 2.62 bits per heavy atom. The summed E-state index contributed by atoms with van der Waals surface area (Å²) in [6.07, 6.45) is 1.70. The molecule has 0 bridgehead atoms. The minimum absolute atomic E-state index is 0.109. The number of furan rings is 1. The molecule has 0 aliphatic heterocycles. The van der Waals surface area contributed by atoms with Gasteiger partial charge in [0.1, 0.15) is 11.5 Å². The summed E-state index contributed by atoms with van der Waals surface area (Å²) in [5.41, 5.74) is 6.25. The van der Waals surface area contributed by atoms with Crippen LogP contribution in [0.15, 0.2) is 47.1 Å². The zero-order valence-corrected chi connectivity index (χ0v) is 14.6. The molecule has 1 aromatic carbocycles. The van der Waals surface area contributed by atoms with Gasteiger partial charge in [-0.25, -0.2) is 0 Å². The zero-order chi connectivity index (χ0) is 17.5. The molecule has 0 saturated heterocycles. The number of nitrogens with zero attached hydrogens (tertiary/aromatic N) is 1. The number of hydrogen-bond donors (Lipinski definition) is 1. The highest BCUT2D eigenvalue weighted by atomic mass is 16.5. The fourth-order valence-corrected chi connectivity index (χ4v) is 2.49. The Morgan fingerprint density at radius 2 is 2.00 bits per heavy atom. The Hall–Kier alpha value is -2.27. The molecule has 24 heavy (non-hydrogen) atoms. The lowest BCUT2D eigenvalue weighted by Gasteiger charge is -2.31. The van der Waals surface area contributed by atoms with Gasteiger partial charge >= 0.3 is 0 Å². The fraction of sp³-hybridized carbons (Fsp3) is 0.421. The van der Waals surface area contributed by atoms with Crippen LogP contribution in [0.2, 0.25) is 0 Å². The quantitative estimate of drug-likeness (QED) is 0.766. The first-order valence-corrected chi connectivity index (χ1v) is 8.22. The summed E-state index contributed by atoms with van der Waals surface area (Å²) in [7, 11) is 0. The Balaban J connectivity index is 2.10. The van der Waals surface area contributed by atoms with Crippen molar-refractivity contribution in [2.45, 2.75) is 39.9 Å². The van der Waals surface area contributed by atoms with Gasteiger partial charge in [0, 0.05) is 12.6 Å². The largest absolute Gasteiger partial charge is 0.484 e. The van der Waals surface area contributed by atoms with Gasteiger partial charge in [0.2, 0.25) is 0 Å². The third-order valence-corrected chi connectivity index (χ3v) is 4.15. The second-order valence-electron chi connectivity index (χ2n) is 6.37. The van der Waals surface area contributed by atoms with Crippen molar-refractivity contribution in [1.29, 1.82) is 0 Å². The van der Waals surface area contributed by atoms with Gasteiger partial charge in [-0.1, -0.05) is 26.0 Å². The Bertz CT molecular complexity index is 638. The number of carbonyl (C=O) groups is 1. The van der Waals surface area contributed by atoms with E-state index in [2.05, 4.69) is 31.7 Å². The molecule has 0 fully saturated rings. The molecule has 0 unspecified atom stereocenters. The number of nitrogens with two attached hydrogens (primary N) is 1. The van der Waals surface area contributed by atoms with Crippen LogP contribution in [0.3, 0.4) is 0 Å². The summed E-state index contributed by atoms with van der Waals surface area (Å²) in [6.45, 7) is 8.06. The van der Waals surface area contributed by atoms with E-state index in [4.69, 9.17) is 14.9 Å². The summed E-state index contributed by atoms with van der Waals surface area (Å²) in [5.74, 6) is 1.65. The van der Waals surface area contributed by atoms with Crippen molar-refractivity contribution >= 4 is 5.91 Å². The maximum Gasteiger partial charge on any atom is 0.255 e. The first kappa shape index (κ1) is 18.1. The van der Waals surface area contributed by atoms with Crippen molar-refractivity contribution in [2.24, 2.45) is 11.7 Å². The highest BCUT2D eigenvalue weighted by molar-refractivity contribution is 5.75. The fourth-order valence-electron chi connectivity index (χ4n) is 2.49. The smallest absolute Gasteiger partial charge is 0.255 e. The molecule has 0 saturated carbocycles. The van der Waals surface area contributed by atoms with E-state index >= 15 is 0 Å². The molecule has 0 aliphatic carbocycles. The molecule has 0 aliphatic rings. The summed E-state index contributed by atoms with van der Waals surface area (Å²) in [6, 6.07) is 12.1. The van der Waals surface area contributed by atoms with E-state index < -0.39 is 5.91 Å². The summed E-state index contributed by atoms with van der Waals surface area (Å²) >= 11 is 0. The molecule has 1 heterocycles. The average Bonchev–Trinajstić information content (AvgIpc) is 3.05. The monoisotopic (exact) mass is 330 g/mol. The summed E-state index contributed by atoms with van der Waals surface area (Å²) < 4.78 is 10.9. The van der Waals surface area contributed by atoms with Crippen LogP contribution in [0.5, 0.6) is 5.75 Å². The van der Waals surface area contributed by atoms with Gasteiger partial charge in [-0.2, -0.15) is 0 Å². The average molecular weight is 330 g/mol. The van der Waals surface area contributed by atoms with E-state index in [1.54, 1.807) is 6.26 Å². The first-order chi connectivity index (χ1) is 11.5. The normalized spacial score (nSPS) is 12.5. The molecule has 2 aromatic rings. The van der Waals surface area contributed by atoms with E-state index in [9.17, 15) is 4.79 Å². The van der Waals surface area contributed by atoms with E-state index in [1.807, 2.05) is 30.3 Å². The maximum absolute atomic E-state index is 10.9. The van der Waals surface area contributed by atoms with Crippen molar-refractivity contribution in [3.8, 4) is 5.75 Å². The van der Waals surface area contributed by atoms with Gasteiger partial charge in [0.25, 0.3) is 5.91 Å². The molecule has 130 valence electrons. The summed E-state index contributed by atoms with van der Waals surface area (Å²) in [4.78, 5) is 13.2. The minimum Gasteiger partial charge on any atom is -0.484 e. The van der Waals surface area contributed by atoms with Crippen LogP contribution in [0.25, 0.3) is 0 Å². The number of amides is 1. The Kier molecular flexibility index (Phi) is 6.44. The van der Waals surface area contributed by atoms with Crippen molar-refractivity contribution < 1.29 is 13.9 Å². The van der Waals surface area contributed by atoms with Crippen LogP contribution >= 0.6 is 0 Å². The third kappa shape index (κ3) is 5.42. The number of benzene rings is 1. The van der Waals surface area contributed by atoms with Crippen LogP contribution in [0, 0.1) is 5.92 Å². The van der Waals surface area contributed by atoms with E-state index in [0.717, 1.165) is 24.4 Å². The molecule has 5 heteroatoms. The predicted octanol–water partition coefficient (Wildman–Crippen LogP) is 3.19. The number of rotatable bonds is 9. The van der Waals surface area contributed by atoms with Gasteiger partial charge < -0.3 is 14.9 Å². The second kappa shape index (κ2) is 8.55. The molecule has 0 radical (unpaired) electrons. The zero-order valence-electron chi connectivity index (χ0n) is 14.6. The highest BCUT2D eigenvalue weighted by Gasteiger charge is 2.19. The van der Waals surface area contributed by atoms with Crippen LogP contribution in [0.1, 0.15) is 32.1 Å². The second-order valence-corrected chi connectivity index (χ2v) is 6.37. The van der Waals surface area contributed by atoms with Gasteiger partial charge in [-0.3, -0.25) is 9.69 Å². The molecule has 5 nitrogen and oxygen atoms in total. The van der Waals surface area contributed by atoms with E-state index in [-0.39, 0.29) is 6.61 Å². The van der Waals surface area contributed by atoms with Crippen LogP contribution in [-0.4, -0.2) is 23.5 Å². The van der Waals surface area contributed by atoms with E-state index in [0.29, 0.717) is 17.7 Å². The Morgan fingerprint density at radius 1 is 1.21 bits per heavy atom. The number of ether oxygens (including phenoxy) is 1. The lowest BCUT2D eigenvalue weighted by molar-refractivity contribution is -0.119. The SMILES string of the molecule is CC(C)[C@@H](C)N(Cc1cccc(OCC(N)=O)c1)Cc1ccco1. The van der Waals surface area contributed by atoms with Crippen molar-refractivity contribution in [2.75, 3.05) is 6.61 Å². The third-order valence-electron chi connectivity index (χ3n) is 4.15. The predicted molar refractivity (Wildman–Crippen MR) is 93.4 cm³/mol. The lowest BCUT2D eigenvalue weighted by Crippen LogP contribution is -2.35. The van der Waals surface area contributed by atoms with Crippen LogP contribution in [-0.2, 0) is 17.9 Å². The van der Waals surface area contributed by atoms with Gasteiger partial charge in [0.15, 0.2) is 6.61 Å². The van der Waals surface area contributed by atoms with Crippen LogP contribution in [0.4, 0.5) is 0 Å². The molecule has 1 aromatic heterocycles. The highest BCUT2D eigenvalue weighted by Crippen LogP contribution is 2.20. The molecular weight excluding hydrogens is 304 g/mol. The first-order valence-electron chi connectivity index (χ1n) is 8.22. The molecule has 0 spiro atoms. The van der Waals surface area contributed by atoms with E-state index in [1.165, 1.54) is 0 Å². The minimum atomic E-state index is -0.478. The number of primary amides is 1. The van der Waals surface area contributed by atoms with Crippen LogP contribution < -0.4 is 10.5 Å². The maximum atomic E-state index is 10.9. The summed E-state index contributed by atoms with van der Waals surface area (Å²) in [5, 5.41) is 0.